The van der Waals surface area contributed by atoms with Gasteiger partial charge in [-0.15, -0.1) is 0 Å². The molecule has 0 aromatic heterocycles. The monoisotopic (exact) mass is 358 g/mol. The fourth-order valence-corrected chi connectivity index (χ4v) is 2.79. The van der Waals surface area contributed by atoms with E-state index in [0.29, 0.717) is 11.1 Å². The Morgan fingerprint density at radius 2 is 1.26 bits per heavy atom. The predicted molar refractivity (Wildman–Crippen MR) is 109 cm³/mol. The summed E-state index contributed by atoms with van der Waals surface area (Å²) in [6, 6.07) is 20.1. The summed E-state index contributed by atoms with van der Waals surface area (Å²) in [6.45, 7) is 5.95. The Balaban J connectivity index is 1.75. The molecule has 2 amide bonds. The lowest BCUT2D eigenvalue weighted by Crippen LogP contribution is -2.16. The maximum absolute atomic E-state index is 12.6. The molecule has 4 nitrogen and oxygen atoms in total. The molecule has 0 heterocycles. The van der Waals surface area contributed by atoms with Crippen molar-refractivity contribution in [3.05, 3.63) is 94.5 Å². The van der Waals surface area contributed by atoms with Gasteiger partial charge in [0.2, 0.25) is 0 Å². The van der Waals surface area contributed by atoms with Gasteiger partial charge in [0.05, 0.1) is 0 Å². The number of amides is 2. The molecule has 3 aromatic rings. The highest BCUT2D eigenvalue weighted by atomic mass is 16.2. The number of hydrogen-bond acceptors (Lipinski definition) is 2. The zero-order valence-electron chi connectivity index (χ0n) is 15.7. The van der Waals surface area contributed by atoms with Gasteiger partial charge in [-0.3, -0.25) is 9.59 Å². The Morgan fingerprint density at radius 3 is 1.89 bits per heavy atom. The van der Waals surface area contributed by atoms with Crippen LogP contribution in [-0.4, -0.2) is 11.8 Å². The fourth-order valence-electron chi connectivity index (χ4n) is 2.79. The van der Waals surface area contributed by atoms with Gasteiger partial charge in [0, 0.05) is 22.5 Å². The van der Waals surface area contributed by atoms with Crippen molar-refractivity contribution in [2.75, 3.05) is 10.6 Å². The minimum atomic E-state index is -0.250. The minimum absolute atomic E-state index is 0.244. The summed E-state index contributed by atoms with van der Waals surface area (Å²) in [5.41, 5.74) is 5.61. The van der Waals surface area contributed by atoms with E-state index in [-0.39, 0.29) is 11.8 Å². The molecule has 0 unspecified atom stereocenters. The molecular weight excluding hydrogens is 336 g/mol. The van der Waals surface area contributed by atoms with Crippen molar-refractivity contribution >= 4 is 23.2 Å². The van der Waals surface area contributed by atoms with E-state index >= 15 is 0 Å². The van der Waals surface area contributed by atoms with E-state index in [9.17, 15) is 9.59 Å². The number of aryl methyl sites for hydroxylation is 3. The average Bonchev–Trinajstić information content (AvgIpc) is 2.66. The van der Waals surface area contributed by atoms with Crippen LogP contribution in [0.4, 0.5) is 11.4 Å². The highest BCUT2D eigenvalue weighted by molar-refractivity contribution is 6.08. The molecule has 0 aliphatic heterocycles. The van der Waals surface area contributed by atoms with Crippen LogP contribution in [0.3, 0.4) is 0 Å². The first kappa shape index (κ1) is 18.4. The summed E-state index contributed by atoms with van der Waals surface area (Å²) >= 11 is 0. The van der Waals surface area contributed by atoms with Crippen molar-refractivity contribution in [3.63, 3.8) is 0 Å². The van der Waals surface area contributed by atoms with E-state index in [1.807, 2.05) is 63.2 Å². The molecule has 3 rings (SSSR count). The van der Waals surface area contributed by atoms with Crippen LogP contribution >= 0.6 is 0 Å². The van der Waals surface area contributed by atoms with Crippen LogP contribution in [0.15, 0.2) is 66.7 Å². The highest BCUT2D eigenvalue weighted by Gasteiger charge is 2.12. The molecule has 0 aliphatic carbocycles. The fraction of sp³-hybridized carbons (Fsp3) is 0.130. The summed E-state index contributed by atoms with van der Waals surface area (Å²) < 4.78 is 0. The van der Waals surface area contributed by atoms with Crippen molar-refractivity contribution in [2.45, 2.75) is 20.8 Å². The van der Waals surface area contributed by atoms with E-state index in [2.05, 4.69) is 10.6 Å². The standard InChI is InChI=1S/C23H22N2O2/c1-15-7-10-20(11-8-15)24-22(26)18-5-4-6-19(14-18)23(27)25-21-12-9-16(2)13-17(21)3/h4-14H,1-3H3,(H,24,26)(H,25,27). The third-order valence-corrected chi connectivity index (χ3v) is 4.33. The quantitative estimate of drug-likeness (QED) is 0.680. The number of hydrogen-bond donors (Lipinski definition) is 2. The Hall–Kier alpha value is -3.40. The Kier molecular flexibility index (Phi) is 5.36. The number of anilines is 2. The second-order valence-electron chi connectivity index (χ2n) is 6.67. The van der Waals surface area contributed by atoms with Gasteiger partial charge >= 0.3 is 0 Å². The number of carbonyl (C=O) groups is 2. The molecule has 0 atom stereocenters. The Morgan fingerprint density at radius 1 is 0.667 bits per heavy atom. The average molecular weight is 358 g/mol. The lowest BCUT2D eigenvalue weighted by molar-refractivity contribution is 0.102. The third-order valence-electron chi connectivity index (χ3n) is 4.33. The van der Waals surface area contributed by atoms with Crippen molar-refractivity contribution < 1.29 is 9.59 Å². The van der Waals surface area contributed by atoms with Gasteiger partial charge < -0.3 is 10.6 Å². The molecular formula is C23H22N2O2. The molecule has 4 heteroatoms. The van der Waals surface area contributed by atoms with Crippen LogP contribution < -0.4 is 10.6 Å². The van der Waals surface area contributed by atoms with Gasteiger partial charge in [-0.05, 0) is 62.7 Å². The number of rotatable bonds is 4. The second-order valence-corrected chi connectivity index (χ2v) is 6.67. The molecule has 3 aromatic carbocycles. The second kappa shape index (κ2) is 7.87. The van der Waals surface area contributed by atoms with Crippen LogP contribution in [0.25, 0.3) is 0 Å². The summed E-state index contributed by atoms with van der Waals surface area (Å²) in [5, 5.41) is 5.75. The van der Waals surface area contributed by atoms with Crippen LogP contribution in [0.2, 0.25) is 0 Å². The first-order chi connectivity index (χ1) is 12.9. The van der Waals surface area contributed by atoms with Gasteiger partial charge in [0.1, 0.15) is 0 Å². The van der Waals surface area contributed by atoms with Crippen molar-refractivity contribution in [2.24, 2.45) is 0 Å². The SMILES string of the molecule is Cc1ccc(NC(=O)c2cccc(C(=O)Nc3ccc(C)cc3C)c2)cc1. The van der Waals surface area contributed by atoms with E-state index in [1.165, 1.54) is 0 Å². The van der Waals surface area contributed by atoms with Crippen LogP contribution in [-0.2, 0) is 0 Å². The normalized spacial score (nSPS) is 10.3. The van der Waals surface area contributed by atoms with Crippen LogP contribution in [0, 0.1) is 20.8 Å². The lowest BCUT2D eigenvalue weighted by Gasteiger charge is -2.10. The molecule has 27 heavy (non-hydrogen) atoms. The van der Waals surface area contributed by atoms with Crippen molar-refractivity contribution in [1.82, 2.24) is 0 Å². The summed E-state index contributed by atoms with van der Waals surface area (Å²) in [6.07, 6.45) is 0. The molecule has 0 saturated heterocycles. The van der Waals surface area contributed by atoms with Crippen molar-refractivity contribution in [3.8, 4) is 0 Å². The Bertz CT molecular complexity index is 992. The molecule has 2 N–H and O–H groups in total. The van der Waals surface area contributed by atoms with Gasteiger partial charge in [-0.25, -0.2) is 0 Å². The molecule has 136 valence electrons. The van der Waals surface area contributed by atoms with Gasteiger partial charge in [-0.1, -0.05) is 41.5 Å². The van der Waals surface area contributed by atoms with E-state index in [1.54, 1.807) is 24.3 Å². The number of benzene rings is 3. The zero-order chi connectivity index (χ0) is 19.4. The third kappa shape index (κ3) is 4.61. The van der Waals surface area contributed by atoms with E-state index < -0.39 is 0 Å². The largest absolute Gasteiger partial charge is 0.322 e. The predicted octanol–water partition coefficient (Wildman–Crippen LogP) is 5.12. The summed E-state index contributed by atoms with van der Waals surface area (Å²) in [5.74, 6) is -0.494. The first-order valence-corrected chi connectivity index (χ1v) is 8.79. The molecule has 0 fully saturated rings. The number of nitrogens with one attached hydrogen (secondary N) is 2. The van der Waals surface area contributed by atoms with E-state index in [0.717, 1.165) is 28.1 Å². The maximum Gasteiger partial charge on any atom is 0.255 e. The first-order valence-electron chi connectivity index (χ1n) is 8.79. The van der Waals surface area contributed by atoms with Gasteiger partial charge in [0.25, 0.3) is 11.8 Å². The highest BCUT2D eigenvalue weighted by Crippen LogP contribution is 2.18. The Labute approximate surface area is 159 Å². The van der Waals surface area contributed by atoms with Crippen LogP contribution in [0.1, 0.15) is 37.4 Å². The van der Waals surface area contributed by atoms with Gasteiger partial charge in [-0.2, -0.15) is 0 Å². The van der Waals surface area contributed by atoms with Crippen molar-refractivity contribution in [1.29, 1.82) is 0 Å². The summed E-state index contributed by atoms with van der Waals surface area (Å²) in [4.78, 5) is 25.1. The topological polar surface area (TPSA) is 58.2 Å². The maximum atomic E-state index is 12.6. The molecule has 0 spiro atoms. The molecule has 0 bridgehead atoms. The number of carbonyl (C=O) groups excluding carboxylic acids is 2. The van der Waals surface area contributed by atoms with E-state index in [4.69, 9.17) is 0 Å². The molecule has 0 radical (unpaired) electrons. The molecule has 0 saturated carbocycles. The minimum Gasteiger partial charge on any atom is -0.322 e. The zero-order valence-corrected chi connectivity index (χ0v) is 15.7. The van der Waals surface area contributed by atoms with Crippen LogP contribution in [0.5, 0.6) is 0 Å². The lowest BCUT2D eigenvalue weighted by atomic mass is 10.1. The smallest absolute Gasteiger partial charge is 0.255 e. The summed E-state index contributed by atoms with van der Waals surface area (Å²) in [7, 11) is 0. The van der Waals surface area contributed by atoms with Gasteiger partial charge in [0.15, 0.2) is 0 Å². The molecule has 0 aliphatic rings.